The Hall–Kier alpha value is -0.900. The number of nitrogens with one attached hydrogen (secondary N) is 1. The molecule has 0 fully saturated rings. The second kappa shape index (κ2) is 3.67. The molecule has 0 aliphatic carbocycles. The quantitative estimate of drug-likeness (QED) is 0.715. The Balaban J connectivity index is 2.77. The van der Waals surface area contributed by atoms with Gasteiger partial charge in [0.15, 0.2) is 5.82 Å². The van der Waals surface area contributed by atoms with Crippen LogP contribution in [-0.2, 0) is 0 Å². The molecular formula is C8H16N4. The van der Waals surface area contributed by atoms with Crippen LogP contribution in [0.15, 0.2) is 0 Å². The van der Waals surface area contributed by atoms with Gasteiger partial charge in [0.2, 0.25) is 0 Å². The highest BCUT2D eigenvalue weighted by Crippen LogP contribution is 2.12. The fourth-order valence-corrected chi connectivity index (χ4v) is 0.905. The van der Waals surface area contributed by atoms with Crippen LogP contribution >= 0.6 is 0 Å². The van der Waals surface area contributed by atoms with Gasteiger partial charge < -0.3 is 5.73 Å². The molecule has 68 valence electrons. The molecule has 4 heteroatoms. The van der Waals surface area contributed by atoms with Gasteiger partial charge in [-0.2, -0.15) is 5.10 Å². The standard InChI is InChI=1S/C8H16N4/c1-4-6(9)8-10-7(5(2)3)11-12-8/h5-6H,4,9H2,1-3H3,(H,10,11,12). The fourth-order valence-electron chi connectivity index (χ4n) is 0.905. The summed E-state index contributed by atoms with van der Waals surface area (Å²) in [7, 11) is 0. The van der Waals surface area contributed by atoms with E-state index >= 15 is 0 Å². The van der Waals surface area contributed by atoms with Crippen LogP contribution in [0.1, 0.15) is 50.8 Å². The Morgan fingerprint density at radius 3 is 2.58 bits per heavy atom. The van der Waals surface area contributed by atoms with Crippen LogP contribution in [0.4, 0.5) is 0 Å². The lowest BCUT2D eigenvalue weighted by atomic mass is 10.2. The molecule has 1 aromatic rings. The summed E-state index contributed by atoms with van der Waals surface area (Å²) < 4.78 is 0. The van der Waals surface area contributed by atoms with Crippen LogP contribution in [0.25, 0.3) is 0 Å². The summed E-state index contributed by atoms with van der Waals surface area (Å²) in [6, 6.07) is -0.00926. The molecule has 0 aliphatic heterocycles. The first-order valence-electron chi connectivity index (χ1n) is 4.33. The van der Waals surface area contributed by atoms with Gasteiger partial charge in [-0.1, -0.05) is 20.8 Å². The van der Waals surface area contributed by atoms with Gasteiger partial charge in [-0.3, -0.25) is 5.10 Å². The molecule has 0 amide bonds. The van der Waals surface area contributed by atoms with E-state index in [2.05, 4.69) is 29.0 Å². The Morgan fingerprint density at radius 1 is 1.50 bits per heavy atom. The van der Waals surface area contributed by atoms with E-state index in [4.69, 9.17) is 5.73 Å². The number of aromatic nitrogens is 3. The molecule has 1 unspecified atom stereocenters. The van der Waals surface area contributed by atoms with Crippen LogP contribution in [-0.4, -0.2) is 15.2 Å². The van der Waals surface area contributed by atoms with Gasteiger partial charge in [0, 0.05) is 5.92 Å². The molecule has 1 heterocycles. The Morgan fingerprint density at radius 2 is 2.17 bits per heavy atom. The third-order valence-corrected chi connectivity index (χ3v) is 1.83. The normalized spacial score (nSPS) is 13.8. The van der Waals surface area contributed by atoms with Crippen molar-refractivity contribution >= 4 is 0 Å². The minimum atomic E-state index is -0.00926. The van der Waals surface area contributed by atoms with Gasteiger partial charge in [0.05, 0.1) is 6.04 Å². The SMILES string of the molecule is CCC(N)c1nc(C(C)C)n[nH]1. The predicted molar refractivity (Wildman–Crippen MR) is 47.7 cm³/mol. The third-order valence-electron chi connectivity index (χ3n) is 1.83. The van der Waals surface area contributed by atoms with Gasteiger partial charge in [-0.15, -0.1) is 0 Å². The maximum Gasteiger partial charge on any atom is 0.153 e. The zero-order valence-electron chi connectivity index (χ0n) is 7.83. The minimum Gasteiger partial charge on any atom is -0.321 e. The molecule has 3 N–H and O–H groups in total. The van der Waals surface area contributed by atoms with Crippen molar-refractivity contribution in [2.24, 2.45) is 5.73 Å². The maximum absolute atomic E-state index is 5.77. The molecule has 1 atom stereocenters. The first-order valence-corrected chi connectivity index (χ1v) is 4.33. The van der Waals surface area contributed by atoms with Crippen molar-refractivity contribution < 1.29 is 0 Å². The average Bonchev–Trinajstić information content (AvgIpc) is 2.51. The van der Waals surface area contributed by atoms with Gasteiger partial charge in [-0.25, -0.2) is 4.98 Å². The molecular weight excluding hydrogens is 152 g/mol. The highest BCUT2D eigenvalue weighted by molar-refractivity contribution is 4.98. The van der Waals surface area contributed by atoms with Crippen molar-refractivity contribution in [3.8, 4) is 0 Å². The minimum absolute atomic E-state index is 0.00926. The van der Waals surface area contributed by atoms with Gasteiger partial charge >= 0.3 is 0 Å². The van der Waals surface area contributed by atoms with E-state index in [0.29, 0.717) is 5.92 Å². The molecule has 12 heavy (non-hydrogen) atoms. The van der Waals surface area contributed by atoms with Crippen LogP contribution in [0, 0.1) is 0 Å². The van der Waals surface area contributed by atoms with Crippen LogP contribution in [0.3, 0.4) is 0 Å². The smallest absolute Gasteiger partial charge is 0.153 e. The van der Waals surface area contributed by atoms with Crippen LogP contribution < -0.4 is 5.73 Å². The molecule has 0 aromatic carbocycles. The summed E-state index contributed by atoms with van der Waals surface area (Å²) in [6.45, 7) is 6.15. The summed E-state index contributed by atoms with van der Waals surface area (Å²) in [5.41, 5.74) is 5.77. The number of rotatable bonds is 3. The summed E-state index contributed by atoms with van der Waals surface area (Å²) in [5.74, 6) is 1.99. The maximum atomic E-state index is 5.77. The van der Waals surface area contributed by atoms with Gasteiger partial charge in [0.1, 0.15) is 5.82 Å². The van der Waals surface area contributed by atoms with Crippen molar-refractivity contribution in [1.82, 2.24) is 15.2 Å². The lowest BCUT2D eigenvalue weighted by Crippen LogP contribution is -2.10. The molecule has 0 saturated carbocycles. The van der Waals surface area contributed by atoms with E-state index in [1.807, 2.05) is 6.92 Å². The Bertz CT molecular complexity index is 241. The number of aromatic amines is 1. The van der Waals surface area contributed by atoms with E-state index in [-0.39, 0.29) is 6.04 Å². The Kier molecular flexibility index (Phi) is 2.81. The topological polar surface area (TPSA) is 67.6 Å². The Labute approximate surface area is 72.6 Å². The fraction of sp³-hybridized carbons (Fsp3) is 0.750. The zero-order valence-corrected chi connectivity index (χ0v) is 7.83. The lowest BCUT2D eigenvalue weighted by Gasteiger charge is -2.01. The molecule has 4 nitrogen and oxygen atoms in total. The van der Waals surface area contributed by atoms with Crippen molar-refractivity contribution in [1.29, 1.82) is 0 Å². The predicted octanol–water partition coefficient (Wildman–Crippen LogP) is 1.34. The van der Waals surface area contributed by atoms with Crippen molar-refractivity contribution in [2.45, 2.75) is 39.2 Å². The molecule has 0 aliphatic rings. The molecule has 1 aromatic heterocycles. The van der Waals surface area contributed by atoms with Gasteiger partial charge in [-0.05, 0) is 6.42 Å². The average molecular weight is 168 g/mol. The number of hydrogen-bond acceptors (Lipinski definition) is 3. The number of nitrogens with two attached hydrogens (primary N) is 1. The first kappa shape index (κ1) is 9.19. The third kappa shape index (κ3) is 1.82. The first-order chi connectivity index (χ1) is 5.65. The van der Waals surface area contributed by atoms with Crippen LogP contribution in [0.2, 0.25) is 0 Å². The zero-order chi connectivity index (χ0) is 9.14. The molecule has 1 rings (SSSR count). The molecule has 0 bridgehead atoms. The highest BCUT2D eigenvalue weighted by Gasteiger charge is 2.10. The second-order valence-electron chi connectivity index (χ2n) is 3.25. The van der Waals surface area contributed by atoms with E-state index < -0.39 is 0 Å². The largest absolute Gasteiger partial charge is 0.321 e. The van der Waals surface area contributed by atoms with Gasteiger partial charge in [0.25, 0.3) is 0 Å². The monoisotopic (exact) mass is 168 g/mol. The number of H-pyrrole nitrogens is 1. The number of hydrogen-bond donors (Lipinski definition) is 2. The van der Waals surface area contributed by atoms with E-state index in [1.165, 1.54) is 0 Å². The number of nitrogens with zero attached hydrogens (tertiary/aromatic N) is 2. The molecule has 0 radical (unpaired) electrons. The summed E-state index contributed by atoms with van der Waals surface area (Å²) in [5, 5.41) is 6.92. The molecule has 0 spiro atoms. The lowest BCUT2D eigenvalue weighted by molar-refractivity contribution is 0.651. The van der Waals surface area contributed by atoms with E-state index in [9.17, 15) is 0 Å². The van der Waals surface area contributed by atoms with Crippen LogP contribution in [0.5, 0.6) is 0 Å². The van der Waals surface area contributed by atoms with Crippen molar-refractivity contribution in [2.75, 3.05) is 0 Å². The highest BCUT2D eigenvalue weighted by atomic mass is 15.2. The van der Waals surface area contributed by atoms with Crippen molar-refractivity contribution in [3.63, 3.8) is 0 Å². The van der Waals surface area contributed by atoms with Crippen molar-refractivity contribution in [3.05, 3.63) is 11.6 Å². The molecule has 0 saturated heterocycles. The second-order valence-corrected chi connectivity index (χ2v) is 3.25. The summed E-state index contributed by atoms with van der Waals surface area (Å²) in [6.07, 6.45) is 0.882. The van der Waals surface area contributed by atoms with E-state index in [0.717, 1.165) is 18.1 Å². The summed E-state index contributed by atoms with van der Waals surface area (Å²) in [4.78, 5) is 4.29. The van der Waals surface area contributed by atoms with E-state index in [1.54, 1.807) is 0 Å². The summed E-state index contributed by atoms with van der Waals surface area (Å²) >= 11 is 0.